The molecule has 0 aromatic heterocycles. The van der Waals surface area contributed by atoms with Crippen LogP contribution in [0.5, 0.6) is 0 Å². The van der Waals surface area contributed by atoms with Crippen LogP contribution in [0.25, 0.3) is 0 Å². The smallest absolute Gasteiger partial charge is 0.0224 e. The molecule has 1 unspecified atom stereocenters. The number of hydrogen-bond acceptors (Lipinski definition) is 1. The maximum atomic E-state index is 5.70. The molecule has 0 bridgehead atoms. The van der Waals surface area contributed by atoms with Crippen LogP contribution < -0.4 is 5.73 Å². The zero-order valence-electron chi connectivity index (χ0n) is 6.47. The van der Waals surface area contributed by atoms with Crippen LogP contribution in [-0.4, -0.2) is 6.04 Å². The van der Waals surface area contributed by atoms with Crippen LogP contribution in [0.2, 0.25) is 0 Å². The summed E-state index contributed by atoms with van der Waals surface area (Å²) in [6.45, 7) is 2.07. The summed E-state index contributed by atoms with van der Waals surface area (Å²) >= 11 is 0. The van der Waals surface area contributed by atoms with Gasteiger partial charge in [0.25, 0.3) is 0 Å². The van der Waals surface area contributed by atoms with Crippen LogP contribution in [0, 0.1) is 0 Å². The molecule has 1 aliphatic carbocycles. The second-order valence-electron chi connectivity index (χ2n) is 2.81. The highest BCUT2D eigenvalue weighted by molar-refractivity contribution is 5.85. The van der Waals surface area contributed by atoms with E-state index in [9.17, 15) is 0 Å². The molecule has 0 aliphatic heterocycles. The molecule has 0 spiro atoms. The molecule has 0 fully saturated rings. The molecule has 1 atom stereocenters. The van der Waals surface area contributed by atoms with Gasteiger partial charge in [-0.05, 0) is 32.6 Å². The summed E-state index contributed by atoms with van der Waals surface area (Å²) < 4.78 is 0. The average molecular weight is 162 g/mol. The van der Waals surface area contributed by atoms with E-state index < -0.39 is 0 Å². The summed E-state index contributed by atoms with van der Waals surface area (Å²) in [6.07, 6.45) is 7.48. The van der Waals surface area contributed by atoms with Crippen LogP contribution in [0.15, 0.2) is 11.6 Å². The molecule has 60 valence electrons. The van der Waals surface area contributed by atoms with Crippen molar-refractivity contribution in [2.45, 2.75) is 38.6 Å². The van der Waals surface area contributed by atoms with Crippen molar-refractivity contribution >= 4 is 12.4 Å². The third kappa shape index (κ3) is 2.72. The maximum Gasteiger partial charge on any atom is 0.0224 e. The molecule has 1 nitrogen and oxygen atoms in total. The summed E-state index contributed by atoms with van der Waals surface area (Å²) in [5.74, 6) is 0. The summed E-state index contributed by atoms with van der Waals surface area (Å²) in [4.78, 5) is 0. The molecule has 10 heavy (non-hydrogen) atoms. The van der Waals surface area contributed by atoms with Crippen LogP contribution >= 0.6 is 12.4 Å². The van der Waals surface area contributed by atoms with Crippen molar-refractivity contribution in [3.8, 4) is 0 Å². The van der Waals surface area contributed by atoms with Crippen LogP contribution in [0.4, 0.5) is 0 Å². The van der Waals surface area contributed by atoms with Gasteiger partial charge < -0.3 is 5.73 Å². The minimum atomic E-state index is 0. The predicted molar refractivity (Wildman–Crippen MR) is 47.4 cm³/mol. The van der Waals surface area contributed by atoms with Crippen molar-refractivity contribution in [2.75, 3.05) is 0 Å². The third-order valence-electron chi connectivity index (χ3n) is 1.91. The van der Waals surface area contributed by atoms with E-state index in [-0.39, 0.29) is 12.4 Å². The van der Waals surface area contributed by atoms with Gasteiger partial charge in [0.2, 0.25) is 0 Å². The number of allylic oxidation sites excluding steroid dienone is 1. The standard InChI is InChI=1S/C8H15N.ClH/c1-7(9)8-5-3-2-4-6-8;/h5,7H,2-4,6,9H2,1H3;1H. The second kappa shape index (κ2) is 4.75. The van der Waals surface area contributed by atoms with Gasteiger partial charge in [-0.25, -0.2) is 0 Å². The Labute approximate surface area is 69.1 Å². The Morgan fingerprint density at radius 1 is 1.50 bits per heavy atom. The number of nitrogens with two attached hydrogens (primary N) is 1. The van der Waals surface area contributed by atoms with Crippen LogP contribution in [0.1, 0.15) is 32.6 Å². The number of rotatable bonds is 1. The fourth-order valence-electron chi connectivity index (χ4n) is 1.28. The lowest BCUT2D eigenvalue weighted by Crippen LogP contribution is -2.19. The Morgan fingerprint density at radius 2 is 2.20 bits per heavy atom. The van der Waals surface area contributed by atoms with Gasteiger partial charge in [-0.3, -0.25) is 0 Å². The molecule has 0 aromatic carbocycles. The monoisotopic (exact) mass is 161 g/mol. The molecule has 1 rings (SSSR count). The van der Waals surface area contributed by atoms with Gasteiger partial charge in [0.1, 0.15) is 0 Å². The lowest BCUT2D eigenvalue weighted by atomic mass is 9.95. The van der Waals surface area contributed by atoms with Crippen molar-refractivity contribution in [3.63, 3.8) is 0 Å². The fraction of sp³-hybridized carbons (Fsp3) is 0.750. The zero-order valence-corrected chi connectivity index (χ0v) is 7.29. The van der Waals surface area contributed by atoms with Gasteiger partial charge >= 0.3 is 0 Å². The normalized spacial score (nSPS) is 20.8. The maximum absolute atomic E-state index is 5.70. The van der Waals surface area contributed by atoms with Gasteiger partial charge in [0.05, 0.1) is 0 Å². The highest BCUT2D eigenvalue weighted by atomic mass is 35.5. The molecule has 2 heteroatoms. The van der Waals surface area contributed by atoms with Gasteiger partial charge in [-0.15, -0.1) is 12.4 Å². The molecular formula is C8H16ClN. The van der Waals surface area contributed by atoms with E-state index in [1.54, 1.807) is 0 Å². The van der Waals surface area contributed by atoms with E-state index in [0.29, 0.717) is 6.04 Å². The van der Waals surface area contributed by atoms with E-state index >= 15 is 0 Å². The Hall–Kier alpha value is -0.0100. The van der Waals surface area contributed by atoms with Crippen molar-refractivity contribution in [1.82, 2.24) is 0 Å². The largest absolute Gasteiger partial charge is 0.324 e. The van der Waals surface area contributed by atoms with Crippen molar-refractivity contribution in [1.29, 1.82) is 0 Å². The SMILES string of the molecule is CC(N)C1=CCCCC1.Cl. The molecule has 0 saturated heterocycles. The Bertz CT molecular complexity index is 118. The van der Waals surface area contributed by atoms with Gasteiger partial charge in [-0.1, -0.05) is 11.6 Å². The van der Waals surface area contributed by atoms with Crippen LogP contribution in [0.3, 0.4) is 0 Å². The minimum Gasteiger partial charge on any atom is -0.324 e. The van der Waals surface area contributed by atoms with E-state index in [4.69, 9.17) is 5.73 Å². The number of halogens is 1. The van der Waals surface area contributed by atoms with Gasteiger partial charge in [0.15, 0.2) is 0 Å². The molecule has 0 radical (unpaired) electrons. The average Bonchev–Trinajstić information content (AvgIpc) is 1.90. The Kier molecular flexibility index (Phi) is 4.75. The minimum absolute atomic E-state index is 0. The fourth-order valence-corrected chi connectivity index (χ4v) is 1.28. The lowest BCUT2D eigenvalue weighted by Gasteiger charge is -2.15. The van der Waals surface area contributed by atoms with E-state index in [0.717, 1.165) is 0 Å². The topological polar surface area (TPSA) is 26.0 Å². The first-order valence-electron chi connectivity index (χ1n) is 3.75. The number of hydrogen-bond donors (Lipinski definition) is 1. The molecule has 2 N–H and O–H groups in total. The molecule has 0 aromatic rings. The lowest BCUT2D eigenvalue weighted by molar-refractivity contribution is 0.654. The summed E-state index contributed by atoms with van der Waals surface area (Å²) in [5.41, 5.74) is 7.16. The second-order valence-corrected chi connectivity index (χ2v) is 2.81. The van der Waals surface area contributed by atoms with Crippen molar-refractivity contribution in [2.24, 2.45) is 5.73 Å². The molecule has 1 aliphatic rings. The molecule has 0 amide bonds. The third-order valence-corrected chi connectivity index (χ3v) is 1.91. The molecule has 0 heterocycles. The highest BCUT2D eigenvalue weighted by Gasteiger charge is 2.05. The summed E-state index contributed by atoms with van der Waals surface area (Å²) in [6, 6.07) is 0.297. The Balaban J connectivity index is 0.000000810. The quantitative estimate of drug-likeness (QED) is 0.587. The molecule has 0 saturated carbocycles. The van der Waals surface area contributed by atoms with Gasteiger partial charge in [0, 0.05) is 6.04 Å². The van der Waals surface area contributed by atoms with E-state index in [1.165, 1.54) is 31.3 Å². The Morgan fingerprint density at radius 3 is 2.50 bits per heavy atom. The van der Waals surface area contributed by atoms with Crippen molar-refractivity contribution in [3.05, 3.63) is 11.6 Å². The summed E-state index contributed by atoms with van der Waals surface area (Å²) in [5, 5.41) is 0. The van der Waals surface area contributed by atoms with E-state index in [1.807, 2.05) is 0 Å². The first kappa shape index (κ1) is 9.99. The summed E-state index contributed by atoms with van der Waals surface area (Å²) in [7, 11) is 0. The zero-order chi connectivity index (χ0) is 6.69. The molecular weight excluding hydrogens is 146 g/mol. The van der Waals surface area contributed by atoms with Crippen molar-refractivity contribution < 1.29 is 0 Å². The van der Waals surface area contributed by atoms with Gasteiger partial charge in [-0.2, -0.15) is 0 Å². The van der Waals surface area contributed by atoms with E-state index in [2.05, 4.69) is 13.0 Å². The van der Waals surface area contributed by atoms with Crippen LogP contribution in [-0.2, 0) is 0 Å². The first-order valence-corrected chi connectivity index (χ1v) is 3.75. The highest BCUT2D eigenvalue weighted by Crippen LogP contribution is 2.18. The first-order chi connectivity index (χ1) is 4.30. The predicted octanol–water partition coefficient (Wildman–Crippen LogP) is 2.26.